The van der Waals surface area contributed by atoms with Crippen LogP contribution in [0.5, 0.6) is 5.75 Å². The van der Waals surface area contributed by atoms with Crippen molar-refractivity contribution in [2.75, 3.05) is 0 Å². The Morgan fingerprint density at radius 1 is 1.22 bits per heavy atom. The number of alkyl halides is 3. The molecule has 2 fully saturated rings. The molecule has 1 amide bonds. The summed E-state index contributed by atoms with van der Waals surface area (Å²) >= 11 is 0. The third kappa shape index (κ3) is 4.18. The van der Waals surface area contributed by atoms with Crippen LogP contribution in [0, 0.1) is 17.8 Å². The fourth-order valence-electron chi connectivity index (χ4n) is 4.00. The molecule has 126 valence electrons. The van der Waals surface area contributed by atoms with E-state index in [1.165, 1.54) is 37.5 Å². The summed E-state index contributed by atoms with van der Waals surface area (Å²) in [7, 11) is 0. The average Bonchev–Trinajstić information content (AvgIpc) is 3.07. The van der Waals surface area contributed by atoms with E-state index in [4.69, 9.17) is 0 Å². The number of fused-ring (bicyclic) bond motifs is 2. The molecule has 0 aromatic heterocycles. The van der Waals surface area contributed by atoms with E-state index in [2.05, 4.69) is 10.1 Å². The van der Waals surface area contributed by atoms with E-state index in [9.17, 15) is 18.0 Å². The normalized spacial score (nSPS) is 26.3. The molecule has 2 aliphatic rings. The molecule has 2 saturated carbocycles. The summed E-state index contributed by atoms with van der Waals surface area (Å²) in [5.74, 6) is 1.52. The number of hydrogen-bond donors (Lipinski definition) is 1. The standard InChI is InChI=1S/C17H20F3NO2/c18-17(19,20)23-15-4-2-1-3-13(15)10-21-16(22)9-14-8-11-5-6-12(14)7-11/h1-4,11-12,14H,5-10H2,(H,21,22)/t11-,12-,14-/m0/s1. The van der Waals surface area contributed by atoms with Gasteiger partial charge >= 0.3 is 6.36 Å². The van der Waals surface area contributed by atoms with Gasteiger partial charge in [-0.05, 0) is 43.1 Å². The molecule has 1 aromatic carbocycles. The zero-order valence-corrected chi connectivity index (χ0v) is 12.7. The van der Waals surface area contributed by atoms with Crippen LogP contribution in [0.3, 0.4) is 0 Å². The molecule has 1 aromatic rings. The van der Waals surface area contributed by atoms with Crippen LogP contribution in [0.2, 0.25) is 0 Å². The molecule has 0 unspecified atom stereocenters. The Balaban J connectivity index is 1.53. The summed E-state index contributed by atoms with van der Waals surface area (Å²) in [4.78, 5) is 12.1. The maximum absolute atomic E-state index is 12.4. The molecule has 3 rings (SSSR count). The lowest BCUT2D eigenvalue weighted by atomic mass is 9.86. The van der Waals surface area contributed by atoms with Crippen molar-refractivity contribution < 1.29 is 22.7 Å². The molecule has 1 N–H and O–H groups in total. The number of nitrogens with one attached hydrogen (secondary N) is 1. The lowest BCUT2D eigenvalue weighted by Crippen LogP contribution is -2.27. The van der Waals surface area contributed by atoms with Gasteiger partial charge in [0.05, 0.1) is 0 Å². The first-order valence-electron chi connectivity index (χ1n) is 8.01. The Hall–Kier alpha value is -1.72. The van der Waals surface area contributed by atoms with Gasteiger partial charge in [-0.3, -0.25) is 4.79 Å². The molecule has 3 atom stereocenters. The van der Waals surface area contributed by atoms with E-state index in [1.54, 1.807) is 6.07 Å². The summed E-state index contributed by atoms with van der Waals surface area (Å²) in [6.07, 6.45) is 0.592. The van der Waals surface area contributed by atoms with Crippen LogP contribution in [-0.4, -0.2) is 12.3 Å². The number of para-hydroxylation sites is 1. The van der Waals surface area contributed by atoms with Gasteiger partial charge in [-0.25, -0.2) is 0 Å². The van der Waals surface area contributed by atoms with Gasteiger partial charge in [0, 0.05) is 18.5 Å². The number of benzene rings is 1. The summed E-state index contributed by atoms with van der Waals surface area (Å²) in [6, 6.07) is 5.88. The summed E-state index contributed by atoms with van der Waals surface area (Å²) in [5, 5.41) is 2.73. The molecule has 0 aliphatic heterocycles. The minimum Gasteiger partial charge on any atom is -0.405 e. The van der Waals surface area contributed by atoms with Gasteiger partial charge in [-0.2, -0.15) is 0 Å². The van der Waals surface area contributed by atoms with Crippen LogP contribution < -0.4 is 10.1 Å². The first-order chi connectivity index (χ1) is 10.9. The molecule has 6 heteroatoms. The van der Waals surface area contributed by atoms with Gasteiger partial charge in [0.2, 0.25) is 5.91 Å². The van der Waals surface area contributed by atoms with E-state index >= 15 is 0 Å². The van der Waals surface area contributed by atoms with Crippen molar-refractivity contribution in [2.24, 2.45) is 17.8 Å². The fourth-order valence-corrected chi connectivity index (χ4v) is 4.00. The first-order valence-corrected chi connectivity index (χ1v) is 8.01. The zero-order valence-electron chi connectivity index (χ0n) is 12.7. The molecule has 2 bridgehead atoms. The zero-order chi connectivity index (χ0) is 16.4. The van der Waals surface area contributed by atoms with Crippen LogP contribution in [0.15, 0.2) is 24.3 Å². The fraction of sp³-hybridized carbons (Fsp3) is 0.588. The van der Waals surface area contributed by atoms with Crippen LogP contribution >= 0.6 is 0 Å². The second-order valence-electron chi connectivity index (χ2n) is 6.57. The van der Waals surface area contributed by atoms with Crippen molar-refractivity contribution in [2.45, 2.75) is 45.0 Å². The van der Waals surface area contributed by atoms with Crippen LogP contribution in [-0.2, 0) is 11.3 Å². The SMILES string of the molecule is O=C(C[C@@H]1C[C@H]2CC[C@H]1C2)NCc1ccccc1OC(F)(F)F. The molecule has 0 radical (unpaired) electrons. The summed E-state index contributed by atoms with van der Waals surface area (Å²) < 4.78 is 41.1. The van der Waals surface area contributed by atoms with Crippen molar-refractivity contribution in [3.8, 4) is 5.75 Å². The maximum atomic E-state index is 12.4. The van der Waals surface area contributed by atoms with Crippen LogP contribution in [0.4, 0.5) is 13.2 Å². The Labute approximate surface area is 133 Å². The average molecular weight is 327 g/mol. The largest absolute Gasteiger partial charge is 0.573 e. The second kappa shape index (κ2) is 6.42. The summed E-state index contributed by atoms with van der Waals surface area (Å²) in [6.45, 7) is 0.0475. The topological polar surface area (TPSA) is 38.3 Å². The van der Waals surface area contributed by atoms with Gasteiger partial charge in [0.1, 0.15) is 5.75 Å². The Morgan fingerprint density at radius 3 is 2.65 bits per heavy atom. The van der Waals surface area contributed by atoms with E-state index < -0.39 is 6.36 Å². The van der Waals surface area contributed by atoms with E-state index in [0.717, 1.165) is 12.3 Å². The molecule has 2 aliphatic carbocycles. The van der Waals surface area contributed by atoms with E-state index in [0.29, 0.717) is 23.8 Å². The van der Waals surface area contributed by atoms with Crippen molar-refractivity contribution >= 4 is 5.91 Å². The molecular formula is C17H20F3NO2. The minimum atomic E-state index is -4.73. The third-order valence-electron chi connectivity index (χ3n) is 5.01. The summed E-state index contributed by atoms with van der Waals surface area (Å²) in [5.41, 5.74) is 0.325. The highest BCUT2D eigenvalue weighted by Gasteiger charge is 2.40. The second-order valence-corrected chi connectivity index (χ2v) is 6.57. The van der Waals surface area contributed by atoms with Gasteiger partial charge in [-0.15, -0.1) is 13.2 Å². The number of hydrogen-bond acceptors (Lipinski definition) is 2. The van der Waals surface area contributed by atoms with Crippen LogP contribution in [0.1, 0.15) is 37.7 Å². The van der Waals surface area contributed by atoms with Crippen molar-refractivity contribution in [1.82, 2.24) is 5.32 Å². The smallest absolute Gasteiger partial charge is 0.405 e. The number of carbonyl (C=O) groups is 1. The first kappa shape index (κ1) is 16.1. The molecule has 23 heavy (non-hydrogen) atoms. The molecule has 0 saturated heterocycles. The number of ether oxygens (including phenoxy) is 1. The minimum absolute atomic E-state index is 0.0475. The van der Waals surface area contributed by atoms with Gasteiger partial charge in [0.25, 0.3) is 0 Å². The highest BCUT2D eigenvalue weighted by molar-refractivity contribution is 5.76. The van der Waals surface area contributed by atoms with E-state index in [-0.39, 0.29) is 18.2 Å². The van der Waals surface area contributed by atoms with E-state index in [1.807, 2.05) is 0 Å². The third-order valence-corrected chi connectivity index (χ3v) is 5.01. The maximum Gasteiger partial charge on any atom is 0.573 e. The molecular weight excluding hydrogens is 307 g/mol. The highest BCUT2D eigenvalue weighted by Crippen LogP contribution is 2.49. The van der Waals surface area contributed by atoms with Gasteiger partial charge < -0.3 is 10.1 Å². The number of halogens is 3. The molecule has 0 heterocycles. The van der Waals surface area contributed by atoms with Gasteiger partial charge in [-0.1, -0.05) is 24.6 Å². The Kier molecular flexibility index (Phi) is 4.50. The van der Waals surface area contributed by atoms with Gasteiger partial charge in [0.15, 0.2) is 0 Å². The quantitative estimate of drug-likeness (QED) is 0.887. The lowest BCUT2D eigenvalue weighted by Gasteiger charge is -2.21. The number of amides is 1. The predicted octanol–water partition coefficient (Wildman–Crippen LogP) is 4.03. The highest BCUT2D eigenvalue weighted by atomic mass is 19.4. The van der Waals surface area contributed by atoms with Crippen molar-refractivity contribution in [3.05, 3.63) is 29.8 Å². The van der Waals surface area contributed by atoms with Crippen LogP contribution in [0.25, 0.3) is 0 Å². The Bertz CT molecular complexity index is 573. The number of carbonyl (C=O) groups excluding carboxylic acids is 1. The number of rotatable bonds is 5. The van der Waals surface area contributed by atoms with Crippen molar-refractivity contribution in [1.29, 1.82) is 0 Å². The molecule has 0 spiro atoms. The van der Waals surface area contributed by atoms with Crippen molar-refractivity contribution in [3.63, 3.8) is 0 Å². The lowest BCUT2D eigenvalue weighted by molar-refractivity contribution is -0.274. The monoisotopic (exact) mass is 327 g/mol. The Morgan fingerprint density at radius 2 is 2.00 bits per heavy atom. The predicted molar refractivity (Wildman–Crippen MR) is 78.5 cm³/mol. The molecule has 3 nitrogen and oxygen atoms in total.